The normalized spacial score (nSPS) is 15.4. The molecule has 8 nitrogen and oxygen atoms in total. The lowest BCUT2D eigenvalue weighted by atomic mass is 9.88. The molecule has 1 aromatic heterocycles. The van der Waals surface area contributed by atoms with Crippen LogP contribution in [0.4, 0.5) is 5.82 Å². The zero-order valence-corrected chi connectivity index (χ0v) is 19.8. The highest BCUT2D eigenvalue weighted by atomic mass is 16.5. The van der Waals surface area contributed by atoms with E-state index in [1.54, 1.807) is 26.8 Å². The second-order valence-electron chi connectivity index (χ2n) is 10.2. The molecule has 0 aromatic carbocycles. The monoisotopic (exact) mass is 424 g/mol. The van der Waals surface area contributed by atoms with Gasteiger partial charge in [-0.2, -0.15) is 0 Å². The first-order chi connectivity index (χ1) is 13.7. The van der Waals surface area contributed by atoms with E-state index in [2.05, 4.69) is 41.9 Å². The van der Waals surface area contributed by atoms with Gasteiger partial charge >= 0.3 is 0 Å². The SMILES string of the molecule is CCCC(NC(=O)C(O)C(C)(C)C)C(=O)Nc1cc(C(C)NCCC(C)(C)C)on1. The zero-order valence-electron chi connectivity index (χ0n) is 19.8. The molecule has 0 aliphatic rings. The second kappa shape index (κ2) is 10.9. The molecule has 3 unspecified atom stereocenters. The van der Waals surface area contributed by atoms with Crippen LogP contribution in [0, 0.1) is 10.8 Å². The van der Waals surface area contributed by atoms with Crippen LogP contribution < -0.4 is 16.0 Å². The van der Waals surface area contributed by atoms with Crippen molar-refractivity contribution >= 4 is 17.6 Å². The van der Waals surface area contributed by atoms with Gasteiger partial charge in [-0.3, -0.25) is 9.59 Å². The van der Waals surface area contributed by atoms with Crippen molar-refractivity contribution in [2.45, 2.75) is 92.8 Å². The molecule has 0 radical (unpaired) electrons. The Balaban J connectivity index is 2.69. The van der Waals surface area contributed by atoms with Gasteiger partial charge in [0, 0.05) is 6.07 Å². The molecule has 2 amide bonds. The lowest BCUT2D eigenvalue weighted by Crippen LogP contribution is -2.50. The maximum atomic E-state index is 12.7. The molecular formula is C22H40N4O4. The van der Waals surface area contributed by atoms with Crippen LogP contribution in [-0.2, 0) is 9.59 Å². The molecule has 1 rings (SSSR count). The summed E-state index contributed by atoms with van der Waals surface area (Å²) < 4.78 is 5.36. The number of aromatic nitrogens is 1. The van der Waals surface area contributed by atoms with Crippen LogP contribution in [0.1, 0.15) is 86.5 Å². The summed E-state index contributed by atoms with van der Waals surface area (Å²) in [6.45, 7) is 16.6. The highest BCUT2D eigenvalue weighted by Gasteiger charge is 2.32. The number of carbonyl (C=O) groups excluding carboxylic acids is 2. The minimum absolute atomic E-state index is 0.0430. The minimum Gasteiger partial charge on any atom is -0.383 e. The fraction of sp³-hybridized carbons (Fsp3) is 0.773. The third-order valence-corrected chi connectivity index (χ3v) is 4.81. The quantitative estimate of drug-likeness (QED) is 0.457. The number of nitrogens with zero attached hydrogens (tertiary/aromatic N) is 1. The maximum Gasteiger partial charge on any atom is 0.250 e. The van der Waals surface area contributed by atoms with Gasteiger partial charge in [0.05, 0.1) is 6.04 Å². The van der Waals surface area contributed by atoms with Crippen molar-refractivity contribution in [2.24, 2.45) is 10.8 Å². The second-order valence-corrected chi connectivity index (χ2v) is 10.2. The first-order valence-corrected chi connectivity index (χ1v) is 10.7. The first-order valence-electron chi connectivity index (χ1n) is 10.7. The van der Waals surface area contributed by atoms with E-state index < -0.39 is 23.5 Å². The van der Waals surface area contributed by atoms with E-state index in [0.717, 1.165) is 13.0 Å². The molecule has 0 fully saturated rings. The molecule has 0 saturated heterocycles. The summed E-state index contributed by atoms with van der Waals surface area (Å²) in [4.78, 5) is 25.0. The predicted molar refractivity (Wildman–Crippen MR) is 118 cm³/mol. The van der Waals surface area contributed by atoms with E-state index in [9.17, 15) is 14.7 Å². The van der Waals surface area contributed by atoms with Gasteiger partial charge in [-0.1, -0.05) is 60.0 Å². The molecule has 1 aromatic rings. The van der Waals surface area contributed by atoms with E-state index in [-0.39, 0.29) is 17.4 Å². The van der Waals surface area contributed by atoms with Crippen LogP contribution in [0.25, 0.3) is 0 Å². The topological polar surface area (TPSA) is 116 Å². The van der Waals surface area contributed by atoms with Crippen LogP contribution in [0.5, 0.6) is 0 Å². The average Bonchev–Trinajstić information content (AvgIpc) is 3.07. The molecule has 8 heteroatoms. The summed E-state index contributed by atoms with van der Waals surface area (Å²) in [5.74, 6) is -0.0299. The van der Waals surface area contributed by atoms with Crippen LogP contribution in [-0.4, -0.2) is 40.8 Å². The highest BCUT2D eigenvalue weighted by molar-refractivity contribution is 5.97. The summed E-state index contributed by atoms with van der Waals surface area (Å²) in [5, 5.41) is 22.8. The van der Waals surface area contributed by atoms with Crippen LogP contribution in [0.2, 0.25) is 0 Å². The van der Waals surface area contributed by atoms with Gasteiger partial charge in [-0.15, -0.1) is 0 Å². The Labute approximate surface area is 180 Å². The van der Waals surface area contributed by atoms with Crippen molar-refractivity contribution in [3.63, 3.8) is 0 Å². The van der Waals surface area contributed by atoms with Crippen molar-refractivity contribution in [3.8, 4) is 0 Å². The Morgan fingerprint density at radius 3 is 2.33 bits per heavy atom. The number of aliphatic hydroxyl groups is 1. The van der Waals surface area contributed by atoms with Crippen LogP contribution in [0.3, 0.4) is 0 Å². The fourth-order valence-electron chi connectivity index (χ4n) is 2.73. The zero-order chi connectivity index (χ0) is 23.1. The molecule has 30 heavy (non-hydrogen) atoms. The Bertz CT molecular complexity index is 688. The minimum atomic E-state index is -1.21. The van der Waals surface area contributed by atoms with E-state index in [1.807, 2.05) is 13.8 Å². The predicted octanol–water partition coefficient (Wildman–Crippen LogP) is 3.39. The summed E-state index contributed by atoms with van der Waals surface area (Å²) in [7, 11) is 0. The van der Waals surface area contributed by atoms with Crippen molar-refractivity contribution in [2.75, 3.05) is 11.9 Å². The van der Waals surface area contributed by atoms with Gasteiger partial charge in [0.15, 0.2) is 11.6 Å². The van der Waals surface area contributed by atoms with Gasteiger partial charge in [-0.25, -0.2) is 0 Å². The average molecular weight is 425 g/mol. The third-order valence-electron chi connectivity index (χ3n) is 4.81. The smallest absolute Gasteiger partial charge is 0.250 e. The fourth-order valence-corrected chi connectivity index (χ4v) is 2.73. The van der Waals surface area contributed by atoms with Gasteiger partial charge < -0.3 is 25.6 Å². The lowest BCUT2D eigenvalue weighted by Gasteiger charge is -2.26. The molecular weight excluding hydrogens is 384 g/mol. The van der Waals surface area contributed by atoms with Crippen molar-refractivity contribution in [1.29, 1.82) is 0 Å². The molecule has 0 aliphatic carbocycles. The molecule has 0 spiro atoms. The molecule has 0 bridgehead atoms. The largest absolute Gasteiger partial charge is 0.383 e. The first kappa shape index (κ1) is 26.1. The Morgan fingerprint density at radius 2 is 1.80 bits per heavy atom. The molecule has 0 aliphatic heterocycles. The van der Waals surface area contributed by atoms with Crippen LogP contribution in [0.15, 0.2) is 10.6 Å². The Morgan fingerprint density at radius 1 is 1.17 bits per heavy atom. The number of nitrogens with one attached hydrogen (secondary N) is 3. The van der Waals surface area contributed by atoms with E-state index in [1.165, 1.54) is 0 Å². The molecule has 3 atom stereocenters. The summed E-state index contributed by atoms with van der Waals surface area (Å²) >= 11 is 0. The van der Waals surface area contributed by atoms with Gasteiger partial charge in [0.1, 0.15) is 12.1 Å². The van der Waals surface area contributed by atoms with Gasteiger partial charge in [0.2, 0.25) is 11.8 Å². The van der Waals surface area contributed by atoms with E-state index >= 15 is 0 Å². The Kier molecular flexibility index (Phi) is 9.49. The van der Waals surface area contributed by atoms with Gasteiger partial charge in [0.25, 0.3) is 0 Å². The Hall–Kier alpha value is -1.93. The number of rotatable bonds is 10. The number of hydrogen-bond acceptors (Lipinski definition) is 6. The maximum absolute atomic E-state index is 12.7. The van der Waals surface area contributed by atoms with Crippen molar-refractivity contribution in [1.82, 2.24) is 15.8 Å². The summed E-state index contributed by atoms with van der Waals surface area (Å²) in [6.07, 6.45) is 0.962. The highest BCUT2D eigenvalue weighted by Crippen LogP contribution is 2.21. The van der Waals surface area contributed by atoms with E-state index in [4.69, 9.17) is 4.52 Å². The molecule has 4 N–H and O–H groups in total. The summed E-state index contributed by atoms with van der Waals surface area (Å²) in [6, 6.07) is 0.877. The molecule has 1 heterocycles. The number of amides is 2. The number of anilines is 1. The third kappa shape index (κ3) is 8.83. The number of hydrogen-bond donors (Lipinski definition) is 4. The number of carbonyl (C=O) groups is 2. The van der Waals surface area contributed by atoms with Crippen molar-refractivity contribution in [3.05, 3.63) is 11.8 Å². The standard InChI is InChI=1S/C22H40N4O4/c1-9-10-15(24-20(29)18(27)22(6,7)8)19(28)25-17-13-16(30-26-17)14(2)23-12-11-21(3,4)5/h13-15,18,23,27H,9-12H2,1-8H3,(H,24,29)(H,25,26,28). The van der Waals surface area contributed by atoms with Gasteiger partial charge in [-0.05, 0) is 37.1 Å². The molecule has 0 saturated carbocycles. The van der Waals surface area contributed by atoms with Crippen LogP contribution >= 0.6 is 0 Å². The lowest BCUT2D eigenvalue weighted by molar-refractivity contribution is -0.137. The number of aliphatic hydroxyl groups excluding tert-OH is 1. The van der Waals surface area contributed by atoms with Crippen molar-refractivity contribution < 1.29 is 19.2 Å². The van der Waals surface area contributed by atoms with E-state index in [0.29, 0.717) is 24.4 Å². The molecule has 172 valence electrons. The summed E-state index contributed by atoms with van der Waals surface area (Å²) in [5.41, 5.74) is -0.374.